The first kappa shape index (κ1) is 9.27. The summed E-state index contributed by atoms with van der Waals surface area (Å²) in [6, 6.07) is 0. The summed E-state index contributed by atoms with van der Waals surface area (Å²) < 4.78 is 3.80. The van der Waals surface area contributed by atoms with Crippen molar-refractivity contribution in [2.75, 3.05) is 0 Å². The summed E-state index contributed by atoms with van der Waals surface area (Å²) in [6.07, 6.45) is 7.39. The molecule has 0 saturated heterocycles. The van der Waals surface area contributed by atoms with Gasteiger partial charge in [0.05, 0.1) is 30.6 Å². The molecule has 0 aromatic carbocycles. The molecule has 0 unspecified atom stereocenters. The Bertz CT molecular complexity index is 418. The minimum absolute atomic E-state index is 0.486. The lowest BCUT2D eigenvalue weighted by Gasteiger charge is -2.02. The van der Waals surface area contributed by atoms with E-state index in [-0.39, 0.29) is 0 Å². The molecule has 0 amide bonds. The Kier molecular flexibility index (Phi) is 2.54. The van der Waals surface area contributed by atoms with Crippen LogP contribution in [0.4, 0.5) is 0 Å². The molecule has 2 rings (SSSR count). The van der Waals surface area contributed by atoms with Gasteiger partial charge in [0.15, 0.2) is 0 Å². The van der Waals surface area contributed by atoms with Crippen LogP contribution >= 0.6 is 11.6 Å². The minimum Gasteiger partial charge on any atom is -0.329 e. The molecule has 0 aliphatic carbocycles. The lowest BCUT2D eigenvalue weighted by atomic mass is 10.3. The van der Waals surface area contributed by atoms with Gasteiger partial charge < -0.3 is 4.57 Å². The minimum atomic E-state index is 0.486. The third kappa shape index (κ3) is 1.80. The maximum atomic E-state index is 5.76. The van der Waals surface area contributed by atoms with E-state index >= 15 is 0 Å². The second-order valence-electron chi connectivity index (χ2n) is 3.17. The van der Waals surface area contributed by atoms with Crippen molar-refractivity contribution in [2.24, 2.45) is 7.05 Å². The maximum absolute atomic E-state index is 5.76. The Hall–Kier alpha value is -1.29. The van der Waals surface area contributed by atoms with Crippen LogP contribution in [0, 0.1) is 0 Å². The van der Waals surface area contributed by atoms with Gasteiger partial charge in [-0.05, 0) is 0 Å². The number of rotatable bonds is 3. The second-order valence-corrected chi connectivity index (χ2v) is 3.44. The molecule has 2 aromatic rings. The molecule has 74 valence electrons. The van der Waals surface area contributed by atoms with E-state index in [1.807, 2.05) is 24.0 Å². The van der Waals surface area contributed by atoms with Gasteiger partial charge in [-0.3, -0.25) is 4.68 Å². The van der Waals surface area contributed by atoms with Crippen molar-refractivity contribution in [3.8, 4) is 0 Å². The normalized spacial score (nSPS) is 10.7. The van der Waals surface area contributed by atoms with Crippen molar-refractivity contribution in [2.45, 2.75) is 12.4 Å². The zero-order valence-corrected chi connectivity index (χ0v) is 8.65. The summed E-state index contributed by atoms with van der Waals surface area (Å²) in [4.78, 5) is 4.05. The summed E-state index contributed by atoms with van der Waals surface area (Å²) in [5.74, 6) is 0.486. The van der Waals surface area contributed by atoms with Gasteiger partial charge in [-0.15, -0.1) is 11.6 Å². The molecule has 0 saturated carbocycles. The standard InChI is InChI=1S/C9H11ClN4/c1-13-5-8(3-12-13)6-14-7-11-4-9(14)2-10/h3-5,7H,2,6H2,1H3. The predicted molar refractivity (Wildman–Crippen MR) is 54.1 cm³/mol. The molecule has 0 N–H and O–H groups in total. The topological polar surface area (TPSA) is 35.6 Å². The fourth-order valence-electron chi connectivity index (χ4n) is 1.35. The van der Waals surface area contributed by atoms with Crippen LogP contribution in [-0.2, 0) is 19.5 Å². The quantitative estimate of drug-likeness (QED) is 0.718. The summed E-state index contributed by atoms with van der Waals surface area (Å²) in [7, 11) is 1.90. The molecule has 0 radical (unpaired) electrons. The zero-order chi connectivity index (χ0) is 9.97. The lowest BCUT2D eigenvalue weighted by Crippen LogP contribution is -2.00. The van der Waals surface area contributed by atoms with E-state index in [1.54, 1.807) is 17.2 Å². The van der Waals surface area contributed by atoms with Crippen LogP contribution in [-0.4, -0.2) is 19.3 Å². The van der Waals surface area contributed by atoms with Crippen molar-refractivity contribution < 1.29 is 0 Å². The lowest BCUT2D eigenvalue weighted by molar-refractivity contribution is 0.753. The smallest absolute Gasteiger partial charge is 0.0951 e. The molecule has 0 atom stereocenters. The van der Waals surface area contributed by atoms with Gasteiger partial charge >= 0.3 is 0 Å². The number of aryl methyl sites for hydroxylation is 1. The average Bonchev–Trinajstić information content (AvgIpc) is 2.76. The Morgan fingerprint density at radius 1 is 1.43 bits per heavy atom. The number of imidazole rings is 1. The van der Waals surface area contributed by atoms with Gasteiger partial charge in [-0.2, -0.15) is 5.10 Å². The third-order valence-electron chi connectivity index (χ3n) is 2.05. The van der Waals surface area contributed by atoms with Crippen molar-refractivity contribution in [3.63, 3.8) is 0 Å². The van der Waals surface area contributed by atoms with Crippen LogP contribution in [0.5, 0.6) is 0 Å². The molecule has 5 heteroatoms. The summed E-state index contributed by atoms with van der Waals surface area (Å²) in [6.45, 7) is 0.774. The molecule has 0 aliphatic heterocycles. The average molecular weight is 211 g/mol. The molecule has 14 heavy (non-hydrogen) atoms. The van der Waals surface area contributed by atoms with E-state index in [0.717, 1.165) is 17.8 Å². The molecular formula is C9H11ClN4. The highest BCUT2D eigenvalue weighted by Gasteiger charge is 2.02. The number of alkyl halides is 1. The number of halogens is 1. The zero-order valence-electron chi connectivity index (χ0n) is 7.89. The molecule has 2 heterocycles. The van der Waals surface area contributed by atoms with E-state index in [1.165, 1.54) is 0 Å². The molecule has 0 spiro atoms. The third-order valence-corrected chi connectivity index (χ3v) is 2.32. The summed E-state index contributed by atoms with van der Waals surface area (Å²) in [5, 5.41) is 4.10. The van der Waals surface area contributed by atoms with Crippen LogP contribution in [0.15, 0.2) is 24.9 Å². The highest BCUT2D eigenvalue weighted by atomic mass is 35.5. The highest BCUT2D eigenvalue weighted by molar-refractivity contribution is 6.16. The predicted octanol–water partition coefficient (Wildman–Crippen LogP) is 1.40. The monoisotopic (exact) mass is 210 g/mol. The van der Waals surface area contributed by atoms with Gasteiger partial charge in [0, 0.05) is 25.0 Å². The Morgan fingerprint density at radius 2 is 2.29 bits per heavy atom. The van der Waals surface area contributed by atoms with Crippen molar-refractivity contribution in [1.82, 2.24) is 19.3 Å². The summed E-state index contributed by atoms with van der Waals surface area (Å²) in [5.41, 5.74) is 2.17. The fourth-order valence-corrected chi connectivity index (χ4v) is 1.57. The summed E-state index contributed by atoms with van der Waals surface area (Å²) >= 11 is 5.76. The molecule has 0 bridgehead atoms. The second kappa shape index (κ2) is 3.84. The first-order chi connectivity index (χ1) is 6.79. The molecular weight excluding hydrogens is 200 g/mol. The molecule has 0 aliphatic rings. The van der Waals surface area contributed by atoms with Crippen LogP contribution < -0.4 is 0 Å². The first-order valence-electron chi connectivity index (χ1n) is 4.32. The van der Waals surface area contributed by atoms with Crippen molar-refractivity contribution in [3.05, 3.63) is 36.2 Å². The Labute approximate surface area is 87.1 Å². The largest absolute Gasteiger partial charge is 0.329 e. The highest BCUT2D eigenvalue weighted by Crippen LogP contribution is 2.07. The van der Waals surface area contributed by atoms with Crippen LogP contribution in [0.3, 0.4) is 0 Å². The van der Waals surface area contributed by atoms with Gasteiger partial charge in [0.2, 0.25) is 0 Å². The number of hydrogen-bond donors (Lipinski definition) is 0. The van der Waals surface area contributed by atoms with E-state index in [2.05, 4.69) is 10.1 Å². The SMILES string of the molecule is Cn1cc(Cn2cncc2CCl)cn1. The van der Waals surface area contributed by atoms with E-state index in [9.17, 15) is 0 Å². The van der Waals surface area contributed by atoms with Crippen molar-refractivity contribution >= 4 is 11.6 Å². The first-order valence-corrected chi connectivity index (χ1v) is 4.85. The molecule has 4 nitrogen and oxygen atoms in total. The van der Waals surface area contributed by atoms with Gasteiger partial charge in [0.1, 0.15) is 0 Å². The Morgan fingerprint density at radius 3 is 2.93 bits per heavy atom. The van der Waals surface area contributed by atoms with Crippen LogP contribution in [0.2, 0.25) is 0 Å². The fraction of sp³-hybridized carbons (Fsp3) is 0.333. The number of aromatic nitrogens is 4. The number of nitrogens with zero attached hydrogens (tertiary/aromatic N) is 4. The molecule has 0 fully saturated rings. The molecule has 2 aromatic heterocycles. The van der Waals surface area contributed by atoms with E-state index in [0.29, 0.717) is 5.88 Å². The van der Waals surface area contributed by atoms with Gasteiger partial charge in [-0.1, -0.05) is 0 Å². The Balaban J connectivity index is 2.18. The van der Waals surface area contributed by atoms with E-state index < -0.39 is 0 Å². The van der Waals surface area contributed by atoms with Crippen LogP contribution in [0.1, 0.15) is 11.3 Å². The number of hydrogen-bond acceptors (Lipinski definition) is 2. The van der Waals surface area contributed by atoms with Gasteiger partial charge in [0.25, 0.3) is 0 Å². The van der Waals surface area contributed by atoms with Gasteiger partial charge in [-0.25, -0.2) is 4.98 Å². The van der Waals surface area contributed by atoms with Crippen LogP contribution in [0.25, 0.3) is 0 Å². The van der Waals surface area contributed by atoms with E-state index in [4.69, 9.17) is 11.6 Å². The maximum Gasteiger partial charge on any atom is 0.0951 e. The van der Waals surface area contributed by atoms with Crippen molar-refractivity contribution in [1.29, 1.82) is 0 Å².